The van der Waals surface area contributed by atoms with E-state index in [0.29, 0.717) is 23.4 Å². The minimum atomic E-state index is 0.441. The second-order valence-electron chi connectivity index (χ2n) is 8.93. The molecule has 0 radical (unpaired) electrons. The van der Waals surface area contributed by atoms with Crippen molar-refractivity contribution in [2.24, 2.45) is 0 Å². The third-order valence-electron chi connectivity index (χ3n) is 6.27. The van der Waals surface area contributed by atoms with E-state index in [2.05, 4.69) is 68.4 Å². The van der Waals surface area contributed by atoms with Gasteiger partial charge in [-0.25, -0.2) is 4.98 Å². The lowest BCUT2D eigenvalue weighted by Gasteiger charge is -2.24. The van der Waals surface area contributed by atoms with Gasteiger partial charge in [0.25, 0.3) is 0 Å². The molecule has 37 heavy (non-hydrogen) atoms. The highest BCUT2D eigenvalue weighted by Gasteiger charge is 2.17. The van der Waals surface area contributed by atoms with Crippen molar-refractivity contribution in [1.82, 2.24) is 9.97 Å². The number of benzene rings is 3. The first-order valence-electron chi connectivity index (χ1n) is 12.3. The lowest BCUT2D eigenvalue weighted by atomic mass is 9.88. The monoisotopic (exact) mass is 527 g/mol. The van der Waals surface area contributed by atoms with E-state index < -0.39 is 0 Å². The topological polar surface area (TPSA) is 71.1 Å². The Labute approximate surface area is 225 Å². The van der Waals surface area contributed by atoms with Gasteiger partial charge in [0.05, 0.1) is 12.8 Å². The fraction of sp³-hybridized carbons (Fsp3) is 0.172. The molecule has 0 saturated heterocycles. The standard InChI is InChI=1S/C29H26ClN5OS/c30-26-18-31-29-34-23-14-22(32-27(20-8-4-9-20)19-6-2-1-3-7-19)15-24(16-23)36-12-13-37-25-11-5-10-21(17-25)33-28(26)35-29/h1-3,5-7,10-11,14-18,32H,4,8-9,12-13H2,(H2,31,33,34,35). The van der Waals surface area contributed by atoms with Crippen LogP contribution in [0.4, 0.5) is 28.8 Å². The van der Waals surface area contributed by atoms with Crippen LogP contribution in [0.25, 0.3) is 5.70 Å². The molecule has 0 amide bonds. The maximum Gasteiger partial charge on any atom is 0.229 e. The minimum Gasteiger partial charge on any atom is -0.493 e. The Morgan fingerprint density at radius 1 is 0.946 bits per heavy atom. The fourth-order valence-corrected chi connectivity index (χ4v) is 5.23. The summed E-state index contributed by atoms with van der Waals surface area (Å²) in [5.41, 5.74) is 6.48. The van der Waals surface area contributed by atoms with E-state index >= 15 is 0 Å². The first-order valence-corrected chi connectivity index (χ1v) is 13.7. The normalized spacial score (nSPS) is 14.6. The molecule has 6 nitrogen and oxygen atoms in total. The van der Waals surface area contributed by atoms with E-state index in [9.17, 15) is 0 Å². The maximum absolute atomic E-state index is 6.42. The summed E-state index contributed by atoms with van der Waals surface area (Å²) in [4.78, 5) is 10.2. The number of rotatable bonds is 3. The van der Waals surface area contributed by atoms with Crippen LogP contribution in [0.2, 0.25) is 5.02 Å². The van der Waals surface area contributed by atoms with Crippen molar-refractivity contribution >= 4 is 57.9 Å². The number of thioether (sulfide) groups is 1. The van der Waals surface area contributed by atoms with Crippen molar-refractivity contribution in [3.63, 3.8) is 0 Å². The van der Waals surface area contributed by atoms with E-state index in [0.717, 1.165) is 46.3 Å². The highest BCUT2D eigenvalue weighted by atomic mass is 35.5. The maximum atomic E-state index is 6.42. The van der Waals surface area contributed by atoms with Crippen molar-refractivity contribution in [3.8, 4) is 5.75 Å². The Morgan fingerprint density at radius 3 is 2.68 bits per heavy atom. The number of hydrogen-bond acceptors (Lipinski definition) is 7. The molecule has 3 N–H and O–H groups in total. The van der Waals surface area contributed by atoms with Gasteiger partial charge in [0.1, 0.15) is 10.8 Å². The summed E-state index contributed by atoms with van der Waals surface area (Å²) in [6.07, 6.45) is 5.06. The van der Waals surface area contributed by atoms with Crippen LogP contribution in [0, 0.1) is 0 Å². The predicted molar refractivity (Wildman–Crippen MR) is 154 cm³/mol. The van der Waals surface area contributed by atoms with Crippen molar-refractivity contribution < 1.29 is 4.74 Å². The molecule has 1 saturated carbocycles. The van der Waals surface area contributed by atoms with Crippen LogP contribution >= 0.6 is 23.4 Å². The van der Waals surface area contributed by atoms with Gasteiger partial charge < -0.3 is 20.7 Å². The predicted octanol–water partition coefficient (Wildman–Crippen LogP) is 8.11. The molecule has 1 fully saturated rings. The van der Waals surface area contributed by atoms with Gasteiger partial charge >= 0.3 is 0 Å². The number of anilines is 5. The Hall–Kier alpha value is -3.68. The van der Waals surface area contributed by atoms with Crippen LogP contribution < -0.4 is 20.7 Å². The largest absolute Gasteiger partial charge is 0.493 e. The number of halogens is 1. The Kier molecular flexibility index (Phi) is 6.88. The molecule has 0 atom stereocenters. The van der Waals surface area contributed by atoms with Crippen LogP contribution in [0.3, 0.4) is 0 Å². The number of allylic oxidation sites excluding steroid dienone is 1. The van der Waals surface area contributed by atoms with Gasteiger partial charge in [-0.15, -0.1) is 11.8 Å². The molecule has 3 aromatic carbocycles. The van der Waals surface area contributed by atoms with Crippen molar-refractivity contribution in [2.45, 2.75) is 24.2 Å². The third kappa shape index (κ3) is 5.68. The summed E-state index contributed by atoms with van der Waals surface area (Å²) in [6.45, 7) is 0.577. The highest BCUT2D eigenvalue weighted by molar-refractivity contribution is 7.99. The van der Waals surface area contributed by atoms with Gasteiger partial charge in [-0.05, 0) is 54.7 Å². The van der Waals surface area contributed by atoms with E-state index in [-0.39, 0.29) is 0 Å². The molecule has 2 aliphatic rings. The zero-order chi connectivity index (χ0) is 25.0. The third-order valence-corrected chi connectivity index (χ3v) is 7.50. The molecular weight excluding hydrogens is 502 g/mol. The van der Waals surface area contributed by atoms with Crippen LogP contribution in [0.1, 0.15) is 24.8 Å². The zero-order valence-electron chi connectivity index (χ0n) is 20.1. The molecular formula is C29H26ClN5OS. The van der Waals surface area contributed by atoms with E-state index in [1.54, 1.807) is 18.0 Å². The Balaban J connectivity index is 1.36. The number of ether oxygens (including phenoxy) is 1. The van der Waals surface area contributed by atoms with Crippen LogP contribution in [-0.2, 0) is 0 Å². The molecule has 8 heteroatoms. The molecule has 0 spiro atoms. The Bertz CT molecular complexity index is 1450. The summed E-state index contributed by atoms with van der Waals surface area (Å²) in [5, 5.41) is 10.8. The summed E-state index contributed by atoms with van der Waals surface area (Å²) in [5.74, 6) is 2.58. The van der Waals surface area contributed by atoms with Crippen LogP contribution in [-0.4, -0.2) is 22.3 Å². The molecule has 0 unspecified atom stereocenters. The average molecular weight is 528 g/mol. The number of hydrogen-bond donors (Lipinski definition) is 3. The SMILES string of the molecule is Clc1cnc2nc1Nc1cccc(c1)SCCOc1cc(NC(=C3CCC3)c3ccccc3)cc(c1)N2. The molecule has 186 valence electrons. The van der Waals surface area contributed by atoms with Gasteiger partial charge in [0.2, 0.25) is 5.95 Å². The van der Waals surface area contributed by atoms with Gasteiger partial charge in [-0.3, -0.25) is 0 Å². The second-order valence-corrected chi connectivity index (χ2v) is 10.5. The molecule has 1 aliphatic heterocycles. The summed E-state index contributed by atoms with van der Waals surface area (Å²) >= 11 is 8.16. The molecule has 1 aliphatic carbocycles. The van der Waals surface area contributed by atoms with Gasteiger partial charge in [0, 0.05) is 45.5 Å². The first-order chi connectivity index (χ1) is 18.2. The average Bonchev–Trinajstić information content (AvgIpc) is 2.88. The molecule has 6 rings (SSSR count). The number of nitrogens with one attached hydrogen (secondary N) is 3. The van der Waals surface area contributed by atoms with E-state index in [1.165, 1.54) is 23.3 Å². The van der Waals surface area contributed by atoms with Crippen LogP contribution in [0.15, 0.2) is 89.5 Å². The summed E-state index contributed by atoms with van der Waals surface area (Å²) in [6, 6.07) is 24.7. The molecule has 4 aromatic rings. The fourth-order valence-electron chi connectivity index (χ4n) is 4.31. The second kappa shape index (κ2) is 10.7. The van der Waals surface area contributed by atoms with E-state index in [4.69, 9.17) is 16.3 Å². The smallest absolute Gasteiger partial charge is 0.229 e. The first kappa shape index (κ1) is 23.7. The summed E-state index contributed by atoms with van der Waals surface area (Å²) in [7, 11) is 0. The highest BCUT2D eigenvalue weighted by Crippen LogP contribution is 2.36. The van der Waals surface area contributed by atoms with Crippen molar-refractivity contribution in [2.75, 3.05) is 28.3 Å². The zero-order valence-corrected chi connectivity index (χ0v) is 21.7. The number of nitrogens with zero attached hydrogens (tertiary/aromatic N) is 2. The molecule has 2 heterocycles. The van der Waals surface area contributed by atoms with Gasteiger partial charge in [-0.1, -0.05) is 48.0 Å². The molecule has 6 bridgehead atoms. The quantitative estimate of drug-likeness (QED) is 0.248. The van der Waals surface area contributed by atoms with E-state index in [1.807, 2.05) is 30.3 Å². The molecule has 1 aromatic heterocycles. The number of aromatic nitrogens is 2. The van der Waals surface area contributed by atoms with Gasteiger partial charge in [0.15, 0.2) is 5.82 Å². The Morgan fingerprint density at radius 2 is 1.84 bits per heavy atom. The van der Waals surface area contributed by atoms with Crippen molar-refractivity contribution in [1.29, 1.82) is 0 Å². The number of fused-ring (bicyclic) bond motifs is 6. The summed E-state index contributed by atoms with van der Waals surface area (Å²) < 4.78 is 6.20. The van der Waals surface area contributed by atoms with Crippen LogP contribution in [0.5, 0.6) is 5.75 Å². The lowest BCUT2D eigenvalue weighted by Crippen LogP contribution is -2.09. The van der Waals surface area contributed by atoms with Crippen molar-refractivity contribution in [3.05, 3.63) is 95.2 Å². The minimum absolute atomic E-state index is 0.441. The lowest BCUT2D eigenvalue weighted by molar-refractivity contribution is 0.344. The van der Waals surface area contributed by atoms with Gasteiger partial charge in [-0.2, -0.15) is 4.98 Å².